The van der Waals surface area contributed by atoms with Gasteiger partial charge < -0.3 is 10.5 Å². The largest absolute Gasteiger partial charge is 0.492 e. The lowest BCUT2D eigenvalue weighted by atomic mass is 10.2. The van der Waals surface area contributed by atoms with E-state index in [0.29, 0.717) is 22.4 Å². The van der Waals surface area contributed by atoms with Gasteiger partial charge in [-0.25, -0.2) is 0 Å². The summed E-state index contributed by atoms with van der Waals surface area (Å²) < 4.78 is 5.56. The molecule has 0 atom stereocenters. The van der Waals surface area contributed by atoms with E-state index in [0.717, 1.165) is 18.4 Å². The minimum atomic E-state index is -0.121. The summed E-state index contributed by atoms with van der Waals surface area (Å²) in [5.74, 6) is 0.687. The lowest BCUT2D eigenvalue weighted by molar-refractivity contribution is 0.279. The van der Waals surface area contributed by atoms with Crippen LogP contribution in [0, 0.1) is 6.92 Å². The Bertz CT molecular complexity index is 365. The van der Waals surface area contributed by atoms with Crippen molar-refractivity contribution >= 4 is 23.2 Å². The number of nitrogens with two attached hydrogens (primary N) is 1. The fraction of sp³-hybridized carbons (Fsp3) is 0.455. The minimum absolute atomic E-state index is 0.121. The van der Waals surface area contributed by atoms with Crippen molar-refractivity contribution in [3.05, 3.63) is 27.7 Å². The van der Waals surface area contributed by atoms with E-state index in [1.807, 2.05) is 6.92 Å². The normalized spacial score (nSPS) is 17.6. The van der Waals surface area contributed by atoms with Crippen molar-refractivity contribution in [2.75, 3.05) is 6.61 Å². The minimum Gasteiger partial charge on any atom is -0.492 e. The molecule has 1 aliphatic rings. The highest BCUT2D eigenvalue weighted by atomic mass is 35.5. The van der Waals surface area contributed by atoms with Gasteiger partial charge in [-0.3, -0.25) is 0 Å². The summed E-state index contributed by atoms with van der Waals surface area (Å²) >= 11 is 12.0. The van der Waals surface area contributed by atoms with Gasteiger partial charge in [0.15, 0.2) is 0 Å². The molecule has 2 N–H and O–H groups in total. The molecule has 0 radical (unpaired) electrons. The van der Waals surface area contributed by atoms with Crippen molar-refractivity contribution < 1.29 is 4.74 Å². The summed E-state index contributed by atoms with van der Waals surface area (Å²) in [5.41, 5.74) is 6.66. The van der Waals surface area contributed by atoms with E-state index in [1.54, 1.807) is 12.1 Å². The van der Waals surface area contributed by atoms with E-state index < -0.39 is 0 Å². The summed E-state index contributed by atoms with van der Waals surface area (Å²) in [6, 6.07) is 3.54. The van der Waals surface area contributed by atoms with Crippen LogP contribution in [0.1, 0.15) is 18.4 Å². The molecule has 0 spiro atoms. The number of rotatable bonds is 3. The smallest absolute Gasteiger partial charge is 0.122 e. The van der Waals surface area contributed by atoms with Crippen molar-refractivity contribution in [3.8, 4) is 5.75 Å². The number of benzene rings is 1. The fourth-order valence-corrected chi connectivity index (χ4v) is 1.70. The zero-order valence-electron chi connectivity index (χ0n) is 8.52. The summed E-state index contributed by atoms with van der Waals surface area (Å²) in [7, 11) is 0. The number of ether oxygens (including phenoxy) is 1. The maximum absolute atomic E-state index is 5.99. The summed E-state index contributed by atoms with van der Waals surface area (Å²) in [6.07, 6.45) is 2.06. The van der Waals surface area contributed by atoms with E-state index >= 15 is 0 Å². The average Bonchev–Trinajstić information content (AvgIpc) is 2.90. The highest BCUT2D eigenvalue weighted by Crippen LogP contribution is 2.34. The number of halogens is 2. The Morgan fingerprint density at radius 3 is 2.33 bits per heavy atom. The average molecular weight is 246 g/mol. The van der Waals surface area contributed by atoms with Gasteiger partial charge in [0.1, 0.15) is 12.4 Å². The van der Waals surface area contributed by atoms with Crippen molar-refractivity contribution in [2.24, 2.45) is 5.73 Å². The second-order valence-corrected chi connectivity index (χ2v) is 4.98. The van der Waals surface area contributed by atoms with Crippen molar-refractivity contribution in [2.45, 2.75) is 25.3 Å². The third-order valence-corrected chi connectivity index (χ3v) is 3.46. The molecule has 4 heteroatoms. The van der Waals surface area contributed by atoms with Gasteiger partial charge in [0.25, 0.3) is 0 Å². The standard InChI is InChI=1S/C11H13Cl2NO/c1-7-9(12)4-8(5-10(7)13)15-6-11(14)2-3-11/h4-5H,2-3,6,14H2,1H3. The van der Waals surface area contributed by atoms with Gasteiger partial charge in [-0.1, -0.05) is 23.2 Å². The Hall–Kier alpha value is -0.440. The van der Waals surface area contributed by atoms with Crippen LogP contribution in [0.25, 0.3) is 0 Å². The molecule has 1 aliphatic carbocycles. The summed E-state index contributed by atoms with van der Waals surface area (Å²) in [6.45, 7) is 2.41. The van der Waals surface area contributed by atoms with Crippen LogP contribution in [0.3, 0.4) is 0 Å². The summed E-state index contributed by atoms with van der Waals surface area (Å²) in [5, 5.41) is 1.25. The van der Waals surface area contributed by atoms with Crippen LogP contribution in [0.15, 0.2) is 12.1 Å². The van der Waals surface area contributed by atoms with Gasteiger partial charge in [-0.15, -0.1) is 0 Å². The highest BCUT2D eigenvalue weighted by molar-refractivity contribution is 6.36. The van der Waals surface area contributed by atoms with E-state index in [-0.39, 0.29) is 5.54 Å². The molecular formula is C11H13Cl2NO. The molecule has 1 aromatic carbocycles. The first-order valence-electron chi connectivity index (χ1n) is 4.87. The molecule has 15 heavy (non-hydrogen) atoms. The van der Waals surface area contributed by atoms with Crippen LogP contribution in [0.2, 0.25) is 10.0 Å². The van der Waals surface area contributed by atoms with E-state index in [1.165, 1.54) is 0 Å². The molecule has 0 unspecified atom stereocenters. The summed E-state index contributed by atoms with van der Waals surface area (Å²) in [4.78, 5) is 0. The Morgan fingerprint density at radius 1 is 1.33 bits per heavy atom. The lowest BCUT2D eigenvalue weighted by Gasteiger charge is -2.12. The van der Waals surface area contributed by atoms with Gasteiger partial charge >= 0.3 is 0 Å². The molecule has 2 rings (SSSR count). The van der Waals surface area contributed by atoms with Crippen molar-refractivity contribution in [1.82, 2.24) is 0 Å². The first-order chi connectivity index (χ1) is 7.00. The monoisotopic (exact) mass is 245 g/mol. The topological polar surface area (TPSA) is 35.2 Å². The van der Waals surface area contributed by atoms with E-state index in [2.05, 4.69) is 0 Å². The second-order valence-electron chi connectivity index (χ2n) is 4.16. The van der Waals surface area contributed by atoms with Gasteiger partial charge in [0.05, 0.1) is 5.54 Å². The Kier molecular flexibility index (Phi) is 2.84. The SMILES string of the molecule is Cc1c(Cl)cc(OCC2(N)CC2)cc1Cl. The van der Waals surface area contributed by atoms with Gasteiger partial charge in [0.2, 0.25) is 0 Å². The molecule has 2 nitrogen and oxygen atoms in total. The molecule has 0 heterocycles. The molecule has 1 aromatic rings. The maximum atomic E-state index is 5.99. The molecule has 0 aliphatic heterocycles. The zero-order valence-corrected chi connectivity index (χ0v) is 10.0. The first kappa shape index (κ1) is 11.1. The van der Waals surface area contributed by atoms with Crippen LogP contribution in [-0.2, 0) is 0 Å². The molecule has 0 bridgehead atoms. The van der Waals surface area contributed by atoms with E-state index in [9.17, 15) is 0 Å². The Labute approximate surface area is 99.3 Å². The lowest BCUT2D eigenvalue weighted by Crippen LogP contribution is -2.29. The van der Waals surface area contributed by atoms with Crippen LogP contribution in [-0.4, -0.2) is 12.1 Å². The fourth-order valence-electron chi connectivity index (χ4n) is 1.24. The molecule has 0 aromatic heterocycles. The third-order valence-electron chi connectivity index (χ3n) is 2.67. The first-order valence-corrected chi connectivity index (χ1v) is 5.63. The van der Waals surface area contributed by atoms with Crippen LogP contribution in [0.5, 0.6) is 5.75 Å². The predicted octanol–water partition coefficient (Wildman–Crippen LogP) is 3.17. The van der Waals surface area contributed by atoms with Gasteiger partial charge in [0, 0.05) is 10.0 Å². The molecule has 1 fully saturated rings. The third kappa shape index (κ3) is 2.57. The maximum Gasteiger partial charge on any atom is 0.122 e. The van der Waals surface area contributed by atoms with Gasteiger partial charge in [-0.05, 0) is 37.5 Å². The van der Waals surface area contributed by atoms with Gasteiger partial charge in [-0.2, -0.15) is 0 Å². The molecule has 0 saturated heterocycles. The van der Waals surface area contributed by atoms with Crippen molar-refractivity contribution in [3.63, 3.8) is 0 Å². The molecular weight excluding hydrogens is 233 g/mol. The van der Waals surface area contributed by atoms with Crippen LogP contribution in [0.4, 0.5) is 0 Å². The predicted molar refractivity (Wildman–Crippen MR) is 62.8 cm³/mol. The van der Waals surface area contributed by atoms with Crippen LogP contribution >= 0.6 is 23.2 Å². The Morgan fingerprint density at radius 2 is 1.87 bits per heavy atom. The number of hydrogen-bond donors (Lipinski definition) is 1. The molecule has 82 valence electrons. The number of hydrogen-bond acceptors (Lipinski definition) is 2. The molecule has 0 amide bonds. The Balaban J connectivity index is 2.08. The second kappa shape index (κ2) is 3.85. The quantitative estimate of drug-likeness (QED) is 0.888. The molecule has 1 saturated carbocycles. The highest BCUT2D eigenvalue weighted by Gasteiger charge is 2.39. The van der Waals surface area contributed by atoms with E-state index in [4.69, 9.17) is 33.7 Å². The van der Waals surface area contributed by atoms with Crippen molar-refractivity contribution in [1.29, 1.82) is 0 Å². The zero-order chi connectivity index (χ0) is 11.1. The van der Waals surface area contributed by atoms with Crippen LogP contribution < -0.4 is 10.5 Å².